The van der Waals surface area contributed by atoms with Gasteiger partial charge in [0.25, 0.3) is 0 Å². The first-order chi connectivity index (χ1) is 6.77. The number of hydrogen-bond acceptors (Lipinski definition) is 5. The quantitative estimate of drug-likeness (QED) is 0.676. The second-order valence-electron chi connectivity index (χ2n) is 2.57. The molecule has 0 aliphatic heterocycles. The van der Waals surface area contributed by atoms with Gasteiger partial charge in [0.15, 0.2) is 0 Å². The maximum absolute atomic E-state index is 11.1. The minimum Gasteiger partial charge on any atom is -0.464 e. The minimum absolute atomic E-state index is 0.0376. The number of carbonyl (C=O) groups is 1. The largest absolute Gasteiger partial charge is 0.464 e. The monoisotopic (exact) mass is 196 g/mol. The van der Waals surface area contributed by atoms with E-state index < -0.39 is 5.97 Å². The molecule has 1 aromatic rings. The van der Waals surface area contributed by atoms with Crippen LogP contribution in [-0.4, -0.2) is 36.3 Å². The van der Waals surface area contributed by atoms with E-state index in [1.165, 1.54) is 13.3 Å². The van der Waals surface area contributed by atoms with Gasteiger partial charge in [-0.3, -0.25) is 0 Å². The maximum atomic E-state index is 11.1. The fraction of sp³-hybridized carbons (Fsp3) is 0.333. The Morgan fingerprint density at radius 2 is 2.50 bits per heavy atom. The summed E-state index contributed by atoms with van der Waals surface area (Å²) in [6, 6.07) is 3.28. The van der Waals surface area contributed by atoms with E-state index in [0.29, 0.717) is 6.54 Å². The van der Waals surface area contributed by atoms with Crippen molar-refractivity contribution >= 4 is 11.7 Å². The zero-order valence-corrected chi connectivity index (χ0v) is 7.86. The molecule has 0 bridgehead atoms. The van der Waals surface area contributed by atoms with Crippen LogP contribution in [0.25, 0.3) is 0 Å². The standard InChI is InChI=1S/C9H12N2O3/c1-14-9(13)8-6-7(2-3-11-8)10-4-5-12/h2-3,6,12H,4-5H2,1H3,(H,10,11). The number of carbonyl (C=O) groups excluding carboxylic acids is 1. The molecule has 0 aliphatic rings. The van der Waals surface area contributed by atoms with Crippen LogP contribution in [0.4, 0.5) is 5.69 Å². The zero-order valence-electron chi connectivity index (χ0n) is 7.86. The summed E-state index contributed by atoms with van der Waals surface area (Å²) in [6.07, 6.45) is 1.51. The molecule has 5 heteroatoms. The summed E-state index contributed by atoms with van der Waals surface area (Å²) in [5.41, 5.74) is 0.977. The molecule has 0 saturated carbocycles. The lowest BCUT2D eigenvalue weighted by molar-refractivity contribution is 0.0594. The minimum atomic E-state index is -0.474. The Kier molecular flexibility index (Phi) is 3.87. The molecular weight excluding hydrogens is 184 g/mol. The smallest absolute Gasteiger partial charge is 0.356 e. The predicted molar refractivity (Wildman–Crippen MR) is 51.2 cm³/mol. The van der Waals surface area contributed by atoms with Gasteiger partial charge in [0.1, 0.15) is 5.69 Å². The van der Waals surface area contributed by atoms with Crippen molar-refractivity contribution in [2.45, 2.75) is 0 Å². The van der Waals surface area contributed by atoms with Gasteiger partial charge < -0.3 is 15.2 Å². The number of pyridine rings is 1. The Balaban J connectivity index is 2.73. The highest BCUT2D eigenvalue weighted by atomic mass is 16.5. The molecule has 14 heavy (non-hydrogen) atoms. The average molecular weight is 196 g/mol. The number of nitrogens with zero attached hydrogens (tertiary/aromatic N) is 1. The summed E-state index contributed by atoms with van der Waals surface area (Å²) in [7, 11) is 1.30. The number of esters is 1. The summed E-state index contributed by atoms with van der Waals surface area (Å²) in [5.74, 6) is -0.474. The zero-order chi connectivity index (χ0) is 10.4. The molecule has 1 aromatic heterocycles. The van der Waals surface area contributed by atoms with Gasteiger partial charge in [-0.25, -0.2) is 9.78 Å². The summed E-state index contributed by atoms with van der Waals surface area (Å²) >= 11 is 0. The van der Waals surface area contributed by atoms with Crippen LogP contribution in [-0.2, 0) is 4.74 Å². The van der Waals surface area contributed by atoms with Crippen LogP contribution in [0.3, 0.4) is 0 Å². The molecule has 0 saturated heterocycles. The molecule has 0 radical (unpaired) electrons. The van der Waals surface area contributed by atoms with Crippen molar-refractivity contribution in [3.05, 3.63) is 24.0 Å². The van der Waals surface area contributed by atoms with Crippen molar-refractivity contribution in [2.24, 2.45) is 0 Å². The second-order valence-corrected chi connectivity index (χ2v) is 2.57. The molecule has 2 N–H and O–H groups in total. The van der Waals surface area contributed by atoms with Crippen molar-refractivity contribution in [3.63, 3.8) is 0 Å². The van der Waals surface area contributed by atoms with Gasteiger partial charge >= 0.3 is 5.97 Å². The van der Waals surface area contributed by atoms with Gasteiger partial charge in [-0.1, -0.05) is 0 Å². The lowest BCUT2D eigenvalue weighted by atomic mass is 10.3. The van der Waals surface area contributed by atoms with Crippen LogP contribution < -0.4 is 5.32 Å². The molecule has 0 amide bonds. The number of nitrogens with one attached hydrogen (secondary N) is 1. The van der Waals surface area contributed by atoms with Crippen LogP contribution in [0, 0.1) is 0 Å². The number of hydrogen-bond donors (Lipinski definition) is 2. The molecule has 76 valence electrons. The van der Waals surface area contributed by atoms with Crippen molar-refractivity contribution in [1.82, 2.24) is 4.98 Å². The van der Waals surface area contributed by atoms with Crippen LogP contribution in [0.2, 0.25) is 0 Å². The number of rotatable bonds is 4. The van der Waals surface area contributed by atoms with Crippen LogP contribution in [0.15, 0.2) is 18.3 Å². The van der Waals surface area contributed by atoms with Gasteiger partial charge in [0.2, 0.25) is 0 Å². The highest BCUT2D eigenvalue weighted by Crippen LogP contribution is 2.07. The number of aromatic nitrogens is 1. The van der Waals surface area contributed by atoms with Gasteiger partial charge in [-0.05, 0) is 12.1 Å². The SMILES string of the molecule is COC(=O)c1cc(NCCO)ccn1. The van der Waals surface area contributed by atoms with Gasteiger partial charge in [0, 0.05) is 18.4 Å². The first-order valence-corrected chi connectivity index (χ1v) is 4.17. The first kappa shape index (κ1) is 10.5. The van der Waals surface area contributed by atoms with E-state index in [2.05, 4.69) is 15.0 Å². The predicted octanol–water partition coefficient (Wildman–Crippen LogP) is 0.272. The Morgan fingerprint density at radius 1 is 1.71 bits per heavy atom. The fourth-order valence-corrected chi connectivity index (χ4v) is 0.957. The lowest BCUT2D eigenvalue weighted by Gasteiger charge is -2.04. The molecule has 1 rings (SSSR count). The Hall–Kier alpha value is -1.62. The molecule has 0 fully saturated rings. The molecular formula is C9H12N2O3. The van der Waals surface area contributed by atoms with E-state index in [-0.39, 0.29) is 12.3 Å². The number of aliphatic hydroxyl groups is 1. The Labute approximate surface area is 81.7 Å². The summed E-state index contributed by atoms with van der Waals surface area (Å²) < 4.78 is 4.52. The van der Waals surface area contributed by atoms with E-state index in [1.54, 1.807) is 12.1 Å². The Morgan fingerprint density at radius 3 is 3.14 bits per heavy atom. The maximum Gasteiger partial charge on any atom is 0.356 e. The molecule has 0 atom stereocenters. The topological polar surface area (TPSA) is 71.5 Å². The number of ether oxygens (including phenoxy) is 1. The van der Waals surface area contributed by atoms with Crippen LogP contribution in [0.1, 0.15) is 10.5 Å². The highest BCUT2D eigenvalue weighted by molar-refractivity contribution is 5.88. The van der Waals surface area contributed by atoms with Crippen molar-refractivity contribution in [3.8, 4) is 0 Å². The molecule has 5 nitrogen and oxygen atoms in total. The van der Waals surface area contributed by atoms with Crippen LogP contribution in [0.5, 0.6) is 0 Å². The molecule has 0 spiro atoms. The van der Waals surface area contributed by atoms with Crippen molar-refractivity contribution in [1.29, 1.82) is 0 Å². The van der Waals surface area contributed by atoms with E-state index >= 15 is 0 Å². The van der Waals surface area contributed by atoms with Crippen molar-refractivity contribution < 1.29 is 14.6 Å². The van der Waals surface area contributed by atoms with E-state index in [0.717, 1.165) is 5.69 Å². The highest BCUT2D eigenvalue weighted by Gasteiger charge is 2.06. The van der Waals surface area contributed by atoms with Gasteiger partial charge in [0.05, 0.1) is 13.7 Å². The third-order valence-corrected chi connectivity index (χ3v) is 1.60. The molecule has 0 aromatic carbocycles. The summed E-state index contributed by atoms with van der Waals surface area (Å²) in [4.78, 5) is 14.9. The van der Waals surface area contributed by atoms with Crippen molar-refractivity contribution in [2.75, 3.05) is 25.6 Å². The second kappa shape index (κ2) is 5.18. The average Bonchev–Trinajstić information content (AvgIpc) is 2.25. The summed E-state index contributed by atoms with van der Waals surface area (Å²) in [5, 5.41) is 11.5. The molecule has 0 aliphatic carbocycles. The number of anilines is 1. The van der Waals surface area contributed by atoms with E-state index in [1.807, 2.05) is 0 Å². The first-order valence-electron chi connectivity index (χ1n) is 4.17. The van der Waals surface area contributed by atoms with E-state index in [9.17, 15) is 4.79 Å². The van der Waals surface area contributed by atoms with E-state index in [4.69, 9.17) is 5.11 Å². The fourth-order valence-electron chi connectivity index (χ4n) is 0.957. The Bertz CT molecular complexity index is 315. The third-order valence-electron chi connectivity index (χ3n) is 1.60. The van der Waals surface area contributed by atoms with Gasteiger partial charge in [-0.15, -0.1) is 0 Å². The number of methoxy groups -OCH3 is 1. The number of aliphatic hydroxyl groups excluding tert-OH is 1. The summed E-state index contributed by atoms with van der Waals surface area (Å²) in [6.45, 7) is 0.473. The van der Waals surface area contributed by atoms with Crippen LogP contribution >= 0.6 is 0 Å². The molecule has 0 unspecified atom stereocenters. The normalized spacial score (nSPS) is 9.57. The molecule has 1 heterocycles. The van der Waals surface area contributed by atoms with Gasteiger partial charge in [-0.2, -0.15) is 0 Å². The third kappa shape index (κ3) is 2.70. The lowest BCUT2D eigenvalue weighted by Crippen LogP contribution is -2.08.